The molecule has 0 saturated carbocycles. The van der Waals surface area contributed by atoms with Crippen LogP contribution in [0.15, 0.2) is 91.0 Å². The van der Waals surface area contributed by atoms with E-state index in [9.17, 15) is 5.11 Å². The lowest BCUT2D eigenvalue weighted by atomic mass is 9.67. The van der Waals surface area contributed by atoms with Crippen molar-refractivity contribution in [3.63, 3.8) is 0 Å². The van der Waals surface area contributed by atoms with E-state index < -0.39 is 5.60 Å². The largest absolute Gasteiger partial charge is 0.389 e. The number of rotatable bonds is 5. The lowest BCUT2D eigenvalue weighted by Crippen LogP contribution is -2.54. The molecule has 2 N–H and O–H groups in total. The molecule has 0 amide bonds. The molecule has 0 aliphatic carbocycles. The summed E-state index contributed by atoms with van der Waals surface area (Å²) in [5.74, 6) is 0.148. The Morgan fingerprint density at radius 2 is 1.36 bits per heavy atom. The monoisotopic (exact) mass is 371 g/mol. The van der Waals surface area contributed by atoms with Crippen molar-refractivity contribution in [1.82, 2.24) is 5.32 Å². The van der Waals surface area contributed by atoms with E-state index in [1.807, 2.05) is 12.1 Å². The molecular formula is C26H29NO. The zero-order valence-corrected chi connectivity index (χ0v) is 16.5. The number of aliphatic hydroxyl groups is 1. The van der Waals surface area contributed by atoms with E-state index in [-0.39, 0.29) is 18.0 Å². The first-order valence-corrected chi connectivity index (χ1v) is 10.3. The summed E-state index contributed by atoms with van der Waals surface area (Å²) in [4.78, 5) is 0. The van der Waals surface area contributed by atoms with Gasteiger partial charge in [0.25, 0.3) is 0 Å². The standard InChI is InChI=1S/C26H29NO/c1-2-23-25(22-16-10-5-11-17-22)27-24(21-14-8-4-9-15-21)19-26(23,28)18-20-12-6-3-7-13-20/h3-17,23-25,27-28H,2,18-19H2,1H3/t23-,24+,25+,26+/m1/s1. The molecule has 0 radical (unpaired) electrons. The Bertz CT molecular complexity index is 865. The van der Waals surface area contributed by atoms with Crippen molar-refractivity contribution in [2.45, 2.75) is 43.9 Å². The first-order chi connectivity index (χ1) is 13.7. The van der Waals surface area contributed by atoms with Crippen LogP contribution in [0.5, 0.6) is 0 Å². The van der Waals surface area contributed by atoms with E-state index in [0.29, 0.717) is 12.8 Å². The number of benzene rings is 3. The molecule has 2 heteroatoms. The number of nitrogens with one attached hydrogen (secondary N) is 1. The Morgan fingerprint density at radius 1 is 0.821 bits per heavy atom. The molecule has 144 valence electrons. The molecule has 0 unspecified atom stereocenters. The highest BCUT2D eigenvalue weighted by atomic mass is 16.3. The third kappa shape index (κ3) is 3.89. The van der Waals surface area contributed by atoms with Gasteiger partial charge in [0.2, 0.25) is 0 Å². The number of hydrogen-bond donors (Lipinski definition) is 2. The highest BCUT2D eigenvalue weighted by molar-refractivity contribution is 5.28. The maximum Gasteiger partial charge on any atom is 0.0752 e. The van der Waals surface area contributed by atoms with Crippen LogP contribution in [-0.4, -0.2) is 10.7 Å². The molecule has 0 bridgehead atoms. The fraction of sp³-hybridized carbons (Fsp3) is 0.308. The molecule has 0 spiro atoms. The van der Waals surface area contributed by atoms with Gasteiger partial charge in [0, 0.05) is 24.4 Å². The Balaban J connectivity index is 1.73. The Morgan fingerprint density at radius 3 is 1.93 bits per heavy atom. The molecule has 1 saturated heterocycles. The maximum atomic E-state index is 12.0. The minimum absolute atomic E-state index is 0.124. The van der Waals surface area contributed by atoms with Crippen LogP contribution in [0.4, 0.5) is 0 Å². The summed E-state index contributed by atoms with van der Waals surface area (Å²) in [6.07, 6.45) is 2.33. The smallest absolute Gasteiger partial charge is 0.0752 e. The van der Waals surface area contributed by atoms with Gasteiger partial charge in [-0.1, -0.05) is 97.9 Å². The third-order valence-electron chi connectivity index (χ3n) is 6.18. The molecule has 3 aromatic rings. The van der Waals surface area contributed by atoms with E-state index in [2.05, 4.69) is 91.1 Å². The minimum Gasteiger partial charge on any atom is -0.389 e. The van der Waals surface area contributed by atoms with Gasteiger partial charge >= 0.3 is 0 Å². The Labute approximate surface area is 168 Å². The topological polar surface area (TPSA) is 32.3 Å². The van der Waals surface area contributed by atoms with Crippen LogP contribution >= 0.6 is 0 Å². The van der Waals surface area contributed by atoms with E-state index >= 15 is 0 Å². The second-order valence-electron chi connectivity index (χ2n) is 8.00. The predicted molar refractivity (Wildman–Crippen MR) is 115 cm³/mol. The van der Waals surface area contributed by atoms with Crippen molar-refractivity contribution in [3.8, 4) is 0 Å². The zero-order valence-electron chi connectivity index (χ0n) is 16.5. The lowest BCUT2D eigenvalue weighted by Gasteiger charge is -2.49. The molecule has 2 nitrogen and oxygen atoms in total. The SMILES string of the molecule is CC[C@@H]1[C@H](c2ccccc2)N[C@H](c2ccccc2)C[C@@]1(O)Cc1ccccc1. The molecule has 1 fully saturated rings. The summed E-state index contributed by atoms with van der Waals surface area (Å²) in [6, 6.07) is 31.8. The molecule has 1 aliphatic heterocycles. The third-order valence-corrected chi connectivity index (χ3v) is 6.18. The van der Waals surface area contributed by atoms with E-state index in [4.69, 9.17) is 0 Å². The second kappa shape index (κ2) is 8.30. The van der Waals surface area contributed by atoms with Crippen LogP contribution in [0.25, 0.3) is 0 Å². The summed E-state index contributed by atoms with van der Waals surface area (Å²) in [5, 5.41) is 15.9. The van der Waals surface area contributed by atoms with Crippen LogP contribution in [0.3, 0.4) is 0 Å². The average molecular weight is 372 g/mol. The molecule has 3 aromatic carbocycles. The van der Waals surface area contributed by atoms with Gasteiger partial charge in [-0.3, -0.25) is 0 Å². The minimum atomic E-state index is -0.762. The van der Waals surface area contributed by atoms with Gasteiger partial charge in [0.15, 0.2) is 0 Å². The first kappa shape index (κ1) is 18.9. The fourth-order valence-corrected chi connectivity index (χ4v) is 4.86. The van der Waals surface area contributed by atoms with Crippen LogP contribution < -0.4 is 5.32 Å². The highest BCUT2D eigenvalue weighted by Gasteiger charge is 2.47. The zero-order chi connectivity index (χ0) is 19.4. The molecular weight excluding hydrogens is 342 g/mol. The van der Waals surface area contributed by atoms with Gasteiger partial charge in [-0.25, -0.2) is 0 Å². The van der Waals surface area contributed by atoms with Gasteiger partial charge in [-0.15, -0.1) is 0 Å². The van der Waals surface area contributed by atoms with Gasteiger partial charge in [0.1, 0.15) is 0 Å². The summed E-state index contributed by atoms with van der Waals surface area (Å²) in [7, 11) is 0. The molecule has 4 atom stereocenters. The maximum absolute atomic E-state index is 12.0. The number of hydrogen-bond acceptors (Lipinski definition) is 2. The molecule has 1 aliphatic rings. The molecule has 1 heterocycles. The van der Waals surface area contributed by atoms with E-state index in [0.717, 1.165) is 6.42 Å². The van der Waals surface area contributed by atoms with Crippen molar-refractivity contribution in [1.29, 1.82) is 0 Å². The molecule has 28 heavy (non-hydrogen) atoms. The second-order valence-corrected chi connectivity index (χ2v) is 8.00. The average Bonchev–Trinajstić information content (AvgIpc) is 2.75. The van der Waals surface area contributed by atoms with Crippen molar-refractivity contribution >= 4 is 0 Å². The van der Waals surface area contributed by atoms with Crippen molar-refractivity contribution in [2.75, 3.05) is 0 Å². The van der Waals surface area contributed by atoms with Gasteiger partial charge in [-0.2, -0.15) is 0 Å². The van der Waals surface area contributed by atoms with Crippen LogP contribution in [0, 0.1) is 5.92 Å². The van der Waals surface area contributed by atoms with Crippen molar-refractivity contribution in [3.05, 3.63) is 108 Å². The fourth-order valence-electron chi connectivity index (χ4n) is 4.86. The summed E-state index contributed by atoms with van der Waals surface area (Å²) in [5.41, 5.74) is 2.93. The van der Waals surface area contributed by atoms with Gasteiger partial charge < -0.3 is 10.4 Å². The van der Waals surface area contributed by atoms with Crippen LogP contribution in [0.2, 0.25) is 0 Å². The van der Waals surface area contributed by atoms with Crippen molar-refractivity contribution in [2.24, 2.45) is 5.92 Å². The Hall–Kier alpha value is -2.42. The normalized spacial score (nSPS) is 27.4. The van der Waals surface area contributed by atoms with E-state index in [1.54, 1.807) is 0 Å². The highest BCUT2D eigenvalue weighted by Crippen LogP contribution is 2.46. The van der Waals surface area contributed by atoms with Crippen LogP contribution in [-0.2, 0) is 6.42 Å². The lowest BCUT2D eigenvalue weighted by molar-refractivity contribution is -0.0761. The van der Waals surface area contributed by atoms with Gasteiger partial charge in [0.05, 0.1) is 5.60 Å². The predicted octanol–water partition coefficient (Wildman–Crippen LogP) is 5.46. The summed E-state index contributed by atoms with van der Waals surface area (Å²) in [6.45, 7) is 2.20. The quantitative estimate of drug-likeness (QED) is 0.624. The summed E-state index contributed by atoms with van der Waals surface area (Å²) < 4.78 is 0. The van der Waals surface area contributed by atoms with Crippen molar-refractivity contribution < 1.29 is 5.11 Å². The van der Waals surface area contributed by atoms with E-state index in [1.165, 1.54) is 16.7 Å². The van der Waals surface area contributed by atoms with Gasteiger partial charge in [-0.05, 0) is 29.5 Å². The molecule has 4 rings (SSSR count). The number of piperidine rings is 1. The first-order valence-electron chi connectivity index (χ1n) is 10.3. The van der Waals surface area contributed by atoms with Crippen LogP contribution in [0.1, 0.15) is 48.5 Å². The molecule has 0 aromatic heterocycles. The summed E-state index contributed by atoms with van der Waals surface area (Å²) >= 11 is 0. The Kier molecular flexibility index (Phi) is 5.61.